The van der Waals surface area contributed by atoms with Crippen LogP contribution in [0.1, 0.15) is 21.5 Å². The molecule has 1 aliphatic rings. The van der Waals surface area contributed by atoms with Crippen LogP contribution in [-0.2, 0) is 17.9 Å². The molecule has 30 heavy (non-hydrogen) atoms. The first kappa shape index (κ1) is 21.7. The highest BCUT2D eigenvalue weighted by Gasteiger charge is 2.32. The van der Waals surface area contributed by atoms with Crippen molar-refractivity contribution in [3.8, 4) is 5.75 Å². The highest BCUT2D eigenvalue weighted by atomic mass is 19.4. The Labute approximate surface area is 171 Å². The summed E-state index contributed by atoms with van der Waals surface area (Å²) in [5.41, 5.74) is 3.58. The Morgan fingerprint density at radius 1 is 1.17 bits per heavy atom. The minimum absolute atomic E-state index is 0.117. The van der Waals surface area contributed by atoms with E-state index in [-0.39, 0.29) is 12.1 Å². The molecule has 1 heterocycles. The van der Waals surface area contributed by atoms with Crippen LogP contribution in [0, 0.1) is 5.82 Å². The molecule has 0 saturated heterocycles. The number of benzene rings is 2. The predicted molar refractivity (Wildman–Crippen MR) is 103 cm³/mol. The monoisotopic (exact) mass is 427 g/mol. The molecule has 1 amide bonds. The van der Waals surface area contributed by atoms with Gasteiger partial charge in [0.2, 0.25) is 0 Å². The molecule has 0 aliphatic carbocycles. The van der Waals surface area contributed by atoms with Gasteiger partial charge in [-0.05, 0) is 29.8 Å². The molecule has 0 fully saturated rings. The molecule has 0 aromatic heterocycles. The summed E-state index contributed by atoms with van der Waals surface area (Å²) in [5, 5.41) is 2.70. The fourth-order valence-electron chi connectivity index (χ4n) is 3.47. The lowest BCUT2D eigenvalue weighted by molar-refractivity contribution is -0.275. The molecule has 162 valence electrons. The van der Waals surface area contributed by atoms with Gasteiger partial charge in [-0.25, -0.2) is 4.39 Å². The Bertz CT molecular complexity index is 950. The fraction of sp³-hybridized carbons (Fsp3) is 0.350. The van der Waals surface area contributed by atoms with Crippen LogP contribution in [0.5, 0.6) is 5.75 Å². The van der Waals surface area contributed by atoms with Crippen LogP contribution in [0.25, 0.3) is 0 Å². The van der Waals surface area contributed by atoms with E-state index in [0.717, 1.165) is 34.6 Å². The molecule has 2 aromatic rings. The van der Waals surface area contributed by atoms with Crippen LogP contribution < -0.4 is 19.9 Å². The lowest BCUT2D eigenvalue weighted by Crippen LogP contribution is -2.26. The predicted octanol–water partition coefficient (Wildman–Crippen LogP) is 3.64. The highest BCUT2D eigenvalue weighted by Crippen LogP contribution is 2.39. The van der Waals surface area contributed by atoms with Crippen molar-refractivity contribution in [3.05, 3.63) is 52.8 Å². The van der Waals surface area contributed by atoms with E-state index in [1.165, 1.54) is 0 Å². The summed E-state index contributed by atoms with van der Waals surface area (Å²) < 4.78 is 59.6. The smallest absolute Gasteiger partial charge is 0.403 e. The average molecular weight is 427 g/mol. The first-order valence-electron chi connectivity index (χ1n) is 9.00. The van der Waals surface area contributed by atoms with Crippen molar-refractivity contribution in [2.75, 3.05) is 37.7 Å². The summed E-state index contributed by atoms with van der Waals surface area (Å²) >= 11 is 0. The van der Waals surface area contributed by atoms with Crippen molar-refractivity contribution in [2.45, 2.75) is 19.5 Å². The maximum atomic E-state index is 13.9. The van der Waals surface area contributed by atoms with Gasteiger partial charge in [0, 0.05) is 38.9 Å². The molecule has 0 spiro atoms. The van der Waals surface area contributed by atoms with Crippen LogP contribution >= 0.6 is 0 Å². The summed E-state index contributed by atoms with van der Waals surface area (Å²) in [6.07, 6.45) is -5.02. The number of hydrogen-bond acceptors (Lipinski definition) is 5. The minimum Gasteiger partial charge on any atom is -0.403 e. The molecule has 0 saturated carbocycles. The molecule has 1 aliphatic heterocycles. The quantitative estimate of drug-likeness (QED) is 0.714. The summed E-state index contributed by atoms with van der Waals surface area (Å²) in [5.74, 6) is -2.89. The highest BCUT2D eigenvalue weighted by molar-refractivity contribution is 5.94. The second-order valence-electron chi connectivity index (χ2n) is 6.92. The van der Waals surface area contributed by atoms with E-state index in [1.807, 2.05) is 31.1 Å². The van der Waals surface area contributed by atoms with E-state index in [9.17, 15) is 22.4 Å². The molecule has 6 nitrogen and oxygen atoms in total. The number of halogens is 4. The van der Waals surface area contributed by atoms with Crippen molar-refractivity contribution in [3.63, 3.8) is 0 Å². The van der Waals surface area contributed by atoms with Crippen molar-refractivity contribution in [2.24, 2.45) is 0 Å². The number of carbonyl (C=O) groups is 1. The second-order valence-corrected chi connectivity index (χ2v) is 6.92. The van der Waals surface area contributed by atoms with Gasteiger partial charge in [0.25, 0.3) is 5.91 Å². The normalized spacial score (nSPS) is 13.4. The molecule has 0 radical (unpaired) electrons. The van der Waals surface area contributed by atoms with E-state index in [1.54, 1.807) is 7.11 Å². The maximum Gasteiger partial charge on any atom is 0.573 e. The lowest BCUT2D eigenvalue weighted by Gasteiger charge is -2.19. The van der Waals surface area contributed by atoms with Gasteiger partial charge in [-0.3, -0.25) is 4.79 Å². The molecule has 10 heteroatoms. The third-order valence-corrected chi connectivity index (χ3v) is 4.72. The number of hydrogen-bond donors (Lipinski definition) is 1. The van der Waals surface area contributed by atoms with E-state index in [4.69, 9.17) is 4.74 Å². The van der Waals surface area contributed by atoms with Crippen LogP contribution in [0.15, 0.2) is 30.3 Å². The summed E-state index contributed by atoms with van der Waals surface area (Å²) in [6.45, 7) is 1.16. The number of alkyl halides is 3. The van der Waals surface area contributed by atoms with Crippen molar-refractivity contribution in [1.29, 1.82) is 0 Å². The number of nitrogens with one attached hydrogen (secondary N) is 1. The Balaban J connectivity index is 1.80. The van der Waals surface area contributed by atoms with Crippen LogP contribution in [0.2, 0.25) is 0 Å². The van der Waals surface area contributed by atoms with Crippen molar-refractivity contribution >= 4 is 17.3 Å². The standard InChI is InChI=1S/C20H21F4N3O3/c1-26-11-27(2)18-14(13(10-29-3)4-6-16(18)26)9-25-19(28)12-5-7-17(15(21)8-12)30-20(22,23)24/h4-8H,9-11H2,1-3H3,(H,25,28). The summed E-state index contributed by atoms with van der Waals surface area (Å²) in [4.78, 5) is 16.6. The number of anilines is 2. The van der Waals surface area contributed by atoms with Gasteiger partial charge >= 0.3 is 6.36 Å². The average Bonchev–Trinajstić information content (AvgIpc) is 2.95. The Kier molecular flexibility index (Phi) is 6.06. The third-order valence-electron chi connectivity index (χ3n) is 4.72. The molecule has 0 unspecified atom stereocenters. The summed E-state index contributed by atoms with van der Waals surface area (Å²) in [6, 6.07) is 6.46. The first-order chi connectivity index (χ1) is 14.1. The number of rotatable bonds is 6. The molecule has 3 rings (SSSR count). The van der Waals surface area contributed by atoms with Crippen LogP contribution in [0.4, 0.5) is 28.9 Å². The Hall–Kier alpha value is -3.01. The number of fused-ring (bicyclic) bond motifs is 1. The molecular formula is C20H21F4N3O3. The Morgan fingerprint density at radius 2 is 1.90 bits per heavy atom. The molecular weight excluding hydrogens is 406 g/mol. The van der Waals surface area contributed by atoms with Crippen LogP contribution in [0.3, 0.4) is 0 Å². The van der Waals surface area contributed by atoms with E-state index in [0.29, 0.717) is 19.3 Å². The number of amides is 1. The lowest BCUT2D eigenvalue weighted by atomic mass is 10.0. The SMILES string of the molecule is COCc1ccc2c(c1CNC(=O)c1ccc(OC(F)(F)F)c(F)c1)N(C)CN2C. The third kappa shape index (κ3) is 4.59. The number of ether oxygens (including phenoxy) is 2. The maximum absolute atomic E-state index is 13.9. The number of methoxy groups -OCH3 is 1. The first-order valence-corrected chi connectivity index (χ1v) is 9.00. The van der Waals surface area contributed by atoms with Crippen molar-refractivity contribution < 1.29 is 31.8 Å². The zero-order valence-electron chi connectivity index (χ0n) is 16.6. The largest absolute Gasteiger partial charge is 0.573 e. The minimum atomic E-state index is -5.02. The molecule has 0 bridgehead atoms. The van der Waals surface area contributed by atoms with Gasteiger partial charge in [0.15, 0.2) is 11.6 Å². The van der Waals surface area contributed by atoms with E-state index < -0.39 is 23.8 Å². The number of nitrogens with zero attached hydrogens (tertiary/aromatic N) is 2. The van der Waals surface area contributed by atoms with Crippen LogP contribution in [-0.4, -0.2) is 40.1 Å². The zero-order valence-corrected chi connectivity index (χ0v) is 16.6. The van der Waals surface area contributed by atoms with Gasteiger partial charge in [-0.1, -0.05) is 6.07 Å². The van der Waals surface area contributed by atoms with Gasteiger partial charge in [0.1, 0.15) is 0 Å². The molecule has 0 atom stereocenters. The summed E-state index contributed by atoms with van der Waals surface area (Å²) in [7, 11) is 5.45. The van der Waals surface area contributed by atoms with Gasteiger partial charge in [-0.15, -0.1) is 13.2 Å². The molecule has 1 N–H and O–H groups in total. The second kappa shape index (κ2) is 8.39. The van der Waals surface area contributed by atoms with Gasteiger partial charge in [0.05, 0.1) is 24.7 Å². The van der Waals surface area contributed by atoms with E-state index in [2.05, 4.69) is 15.0 Å². The van der Waals surface area contributed by atoms with Gasteiger partial charge in [-0.2, -0.15) is 0 Å². The number of carbonyl (C=O) groups excluding carboxylic acids is 1. The molecule has 2 aromatic carbocycles. The fourth-order valence-corrected chi connectivity index (χ4v) is 3.47. The zero-order chi connectivity index (χ0) is 22.1. The topological polar surface area (TPSA) is 54.0 Å². The van der Waals surface area contributed by atoms with Gasteiger partial charge < -0.3 is 24.6 Å². The van der Waals surface area contributed by atoms with Crippen molar-refractivity contribution in [1.82, 2.24) is 5.32 Å². The van der Waals surface area contributed by atoms with E-state index >= 15 is 0 Å². The Morgan fingerprint density at radius 3 is 2.53 bits per heavy atom.